The number of aliphatic imine (C=N–C) groups is 1. The van der Waals surface area contributed by atoms with E-state index in [1.165, 1.54) is 26.2 Å². The minimum atomic E-state index is -0.0520. The average molecular weight is 245 g/mol. The van der Waals surface area contributed by atoms with Gasteiger partial charge < -0.3 is 10.6 Å². The molecular formula is C14H19N3O. The predicted octanol–water partition coefficient (Wildman–Crippen LogP) is 3.03. The molecule has 1 heterocycles. The van der Waals surface area contributed by atoms with E-state index < -0.39 is 0 Å². The second-order valence-corrected chi connectivity index (χ2v) is 4.52. The highest BCUT2D eigenvalue weighted by atomic mass is 16.1. The number of carbonyl (C=O) groups is 1. The van der Waals surface area contributed by atoms with E-state index in [4.69, 9.17) is 0 Å². The van der Waals surface area contributed by atoms with E-state index in [9.17, 15) is 4.79 Å². The molecule has 96 valence electrons. The molecule has 4 heteroatoms. The Labute approximate surface area is 108 Å². The summed E-state index contributed by atoms with van der Waals surface area (Å²) in [5.74, 6) is 1.02. The van der Waals surface area contributed by atoms with Crippen LogP contribution in [0.3, 0.4) is 0 Å². The van der Waals surface area contributed by atoms with Crippen molar-refractivity contribution in [2.45, 2.75) is 32.6 Å². The number of carbonyl (C=O) groups excluding carboxylic acids is 1. The molecule has 1 aliphatic rings. The van der Waals surface area contributed by atoms with Crippen LogP contribution < -0.4 is 10.6 Å². The normalized spacial score (nSPS) is 15.5. The molecule has 1 amide bonds. The third-order valence-corrected chi connectivity index (χ3v) is 2.87. The summed E-state index contributed by atoms with van der Waals surface area (Å²) in [7, 11) is 0. The van der Waals surface area contributed by atoms with Gasteiger partial charge in [-0.15, -0.1) is 0 Å². The van der Waals surface area contributed by atoms with E-state index in [0.29, 0.717) is 0 Å². The standard InChI is InChI=1S/C14H19N3O/c1-11(18)16-12-6-8-13(9-7-12)17-14-5-3-2-4-10-15-14/h6-9H,2-5,10H2,1H3,(H,15,17)(H,16,18). The molecular weight excluding hydrogens is 226 g/mol. The molecule has 0 saturated carbocycles. The minimum absolute atomic E-state index is 0.0520. The van der Waals surface area contributed by atoms with Crippen molar-refractivity contribution in [2.75, 3.05) is 17.2 Å². The van der Waals surface area contributed by atoms with Crippen molar-refractivity contribution in [1.29, 1.82) is 0 Å². The second kappa shape index (κ2) is 6.19. The van der Waals surface area contributed by atoms with Crippen molar-refractivity contribution in [3.8, 4) is 0 Å². The molecule has 0 radical (unpaired) electrons. The maximum Gasteiger partial charge on any atom is 0.221 e. The number of nitrogens with zero attached hydrogens (tertiary/aromatic N) is 1. The summed E-state index contributed by atoms with van der Waals surface area (Å²) >= 11 is 0. The van der Waals surface area contributed by atoms with Gasteiger partial charge >= 0.3 is 0 Å². The first kappa shape index (κ1) is 12.6. The Morgan fingerprint density at radius 1 is 1.11 bits per heavy atom. The first-order valence-electron chi connectivity index (χ1n) is 6.42. The van der Waals surface area contributed by atoms with Crippen LogP contribution in [0.5, 0.6) is 0 Å². The molecule has 0 spiro atoms. The molecule has 0 atom stereocenters. The summed E-state index contributed by atoms with van der Waals surface area (Å²) in [6.45, 7) is 2.43. The Morgan fingerprint density at radius 3 is 2.56 bits per heavy atom. The third-order valence-electron chi connectivity index (χ3n) is 2.87. The average Bonchev–Trinajstić information content (AvgIpc) is 2.60. The van der Waals surface area contributed by atoms with Crippen molar-refractivity contribution in [2.24, 2.45) is 4.99 Å². The lowest BCUT2D eigenvalue weighted by Crippen LogP contribution is -2.11. The quantitative estimate of drug-likeness (QED) is 0.841. The zero-order valence-corrected chi connectivity index (χ0v) is 10.7. The van der Waals surface area contributed by atoms with Gasteiger partial charge in [0.25, 0.3) is 0 Å². The first-order chi connectivity index (χ1) is 8.74. The van der Waals surface area contributed by atoms with Gasteiger partial charge in [0.2, 0.25) is 5.91 Å². The van der Waals surface area contributed by atoms with Gasteiger partial charge in [0, 0.05) is 31.3 Å². The molecule has 0 fully saturated rings. The molecule has 0 bridgehead atoms. The topological polar surface area (TPSA) is 53.5 Å². The zero-order valence-electron chi connectivity index (χ0n) is 10.7. The van der Waals surface area contributed by atoms with Gasteiger partial charge in [-0.3, -0.25) is 9.79 Å². The van der Waals surface area contributed by atoms with Crippen LogP contribution in [-0.2, 0) is 4.79 Å². The summed E-state index contributed by atoms with van der Waals surface area (Å²) in [6.07, 6.45) is 4.67. The lowest BCUT2D eigenvalue weighted by atomic mass is 10.2. The number of anilines is 2. The lowest BCUT2D eigenvalue weighted by Gasteiger charge is -2.09. The van der Waals surface area contributed by atoms with Crippen molar-refractivity contribution in [1.82, 2.24) is 0 Å². The molecule has 0 unspecified atom stereocenters. The van der Waals surface area contributed by atoms with Gasteiger partial charge in [0.1, 0.15) is 5.84 Å². The lowest BCUT2D eigenvalue weighted by molar-refractivity contribution is -0.114. The highest BCUT2D eigenvalue weighted by molar-refractivity contribution is 5.96. The smallest absolute Gasteiger partial charge is 0.221 e. The molecule has 18 heavy (non-hydrogen) atoms. The van der Waals surface area contributed by atoms with Crippen LogP contribution in [0.2, 0.25) is 0 Å². The fraction of sp³-hybridized carbons (Fsp3) is 0.429. The maximum atomic E-state index is 10.9. The van der Waals surface area contributed by atoms with Crippen LogP contribution in [0.1, 0.15) is 32.6 Å². The molecule has 0 saturated heterocycles. The summed E-state index contributed by atoms with van der Waals surface area (Å²) in [4.78, 5) is 15.4. The van der Waals surface area contributed by atoms with Crippen molar-refractivity contribution < 1.29 is 4.79 Å². The first-order valence-corrected chi connectivity index (χ1v) is 6.42. The van der Waals surface area contributed by atoms with Gasteiger partial charge in [-0.05, 0) is 37.1 Å². The fourth-order valence-electron chi connectivity index (χ4n) is 1.98. The minimum Gasteiger partial charge on any atom is -0.344 e. The number of rotatable bonds is 2. The Bertz CT molecular complexity index is 437. The van der Waals surface area contributed by atoms with Crippen LogP contribution in [0, 0.1) is 0 Å². The predicted molar refractivity (Wildman–Crippen MR) is 75.1 cm³/mol. The van der Waals surface area contributed by atoms with Gasteiger partial charge in [-0.1, -0.05) is 6.42 Å². The van der Waals surface area contributed by atoms with E-state index in [1.807, 2.05) is 24.3 Å². The SMILES string of the molecule is CC(=O)Nc1ccc(NC2=NCCCCC2)cc1. The number of hydrogen-bond acceptors (Lipinski definition) is 3. The Kier molecular flexibility index (Phi) is 4.34. The van der Waals surface area contributed by atoms with E-state index >= 15 is 0 Å². The Balaban J connectivity index is 1.97. The second-order valence-electron chi connectivity index (χ2n) is 4.52. The monoisotopic (exact) mass is 245 g/mol. The van der Waals surface area contributed by atoms with Crippen LogP contribution in [0.4, 0.5) is 11.4 Å². The Hall–Kier alpha value is -1.84. The third kappa shape index (κ3) is 3.87. The number of amides is 1. The molecule has 2 N–H and O–H groups in total. The number of hydrogen-bond donors (Lipinski definition) is 2. The highest BCUT2D eigenvalue weighted by Gasteiger charge is 2.04. The molecule has 1 aromatic carbocycles. The van der Waals surface area contributed by atoms with Crippen molar-refractivity contribution in [3.05, 3.63) is 24.3 Å². The van der Waals surface area contributed by atoms with Gasteiger partial charge in [0.05, 0.1) is 0 Å². The molecule has 1 aliphatic heterocycles. The van der Waals surface area contributed by atoms with E-state index in [2.05, 4.69) is 15.6 Å². The number of nitrogens with one attached hydrogen (secondary N) is 2. The molecule has 2 rings (SSSR count). The van der Waals surface area contributed by atoms with Gasteiger partial charge in [-0.25, -0.2) is 0 Å². The molecule has 4 nitrogen and oxygen atoms in total. The van der Waals surface area contributed by atoms with Crippen molar-refractivity contribution >= 4 is 23.1 Å². The number of amidine groups is 1. The van der Waals surface area contributed by atoms with E-state index in [0.717, 1.165) is 30.2 Å². The molecule has 0 aliphatic carbocycles. The Morgan fingerprint density at radius 2 is 1.83 bits per heavy atom. The summed E-state index contributed by atoms with van der Waals surface area (Å²) in [5.41, 5.74) is 1.83. The molecule has 1 aromatic rings. The van der Waals surface area contributed by atoms with Gasteiger partial charge in [0.15, 0.2) is 0 Å². The molecule has 0 aromatic heterocycles. The van der Waals surface area contributed by atoms with Crippen molar-refractivity contribution in [3.63, 3.8) is 0 Å². The van der Waals surface area contributed by atoms with E-state index in [-0.39, 0.29) is 5.91 Å². The van der Waals surface area contributed by atoms with Crippen LogP contribution >= 0.6 is 0 Å². The summed E-state index contributed by atoms with van der Waals surface area (Å²) < 4.78 is 0. The van der Waals surface area contributed by atoms with E-state index in [1.54, 1.807) is 0 Å². The number of benzene rings is 1. The van der Waals surface area contributed by atoms with Crippen LogP contribution in [0.15, 0.2) is 29.3 Å². The van der Waals surface area contributed by atoms with Crippen LogP contribution in [0.25, 0.3) is 0 Å². The maximum absolute atomic E-state index is 10.9. The largest absolute Gasteiger partial charge is 0.344 e. The summed E-state index contributed by atoms with van der Waals surface area (Å²) in [5, 5.41) is 6.09. The summed E-state index contributed by atoms with van der Waals surface area (Å²) in [6, 6.07) is 7.69. The van der Waals surface area contributed by atoms with Gasteiger partial charge in [-0.2, -0.15) is 0 Å². The van der Waals surface area contributed by atoms with Crippen LogP contribution in [-0.4, -0.2) is 18.3 Å². The highest BCUT2D eigenvalue weighted by Crippen LogP contribution is 2.15. The fourth-order valence-corrected chi connectivity index (χ4v) is 1.98. The zero-order chi connectivity index (χ0) is 12.8.